The first kappa shape index (κ1) is 26.3. The fourth-order valence-electron chi connectivity index (χ4n) is 1.51. The van der Waals surface area contributed by atoms with E-state index in [-0.39, 0.29) is 0 Å². The third-order valence-electron chi connectivity index (χ3n) is 2.82. The van der Waals surface area contributed by atoms with Crippen LogP contribution in [0.3, 0.4) is 0 Å². The Morgan fingerprint density at radius 3 is 1.00 bits per heavy atom. The Balaban J connectivity index is 0.000000273. The topological polar surface area (TPSA) is 125 Å². The number of hydrogen-bond donors (Lipinski definition) is 1. The van der Waals surface area contributed by atoms with Crippen molar-refractivity contribution >= 4 is 34.8 Å². The van der Waals surface area contributed by atoms with Crippen LogP contribution in [-0.2, 0) is 0 Å². The van der Waals surface area contributed by atoms with Crippen LogP contribution in [0.15, 0.2) is 0 Å². The molecule has 0 radical (unpaired) electrons. The van der Waals surface area contributed by atoms with Crippen LogP contribution in [0.1, 0.15) is 0 Å². The lowest BCUT2D eigenvalue weighted by Gasteiger charge is -2.06. The van der Waals surface area contributed by atoms with Crippen molar-refractivity contribution in [2.24, 2.45) is 0 Å². The van der Waals surface area contributed by atoms with Crippen LogP contribution in [0, 0.1) is 35.7 Å². The monoisotopic (exact) mass is 540 g/mol. The molecule has 0 bridgehead atoms. The first-order valence-electron chi connectivity index (χ1n) is 7.68. The highest BCUT2D eigenvalue weighted by Crippen LogP contribution is 2.20. The lowest BCUT2D eigenvalue weighted by atomic mass is 10.6. The first-order valence-corrected chi connectivity index (χ1v) is 8.81. The zero-order chi connectivity index (χ0) is 24.7. The number of hydrogen-bond acceptors (Lipinski definition) is 10. The van der Waals surface area contributed by atoms with E-state index in [0.29, 0.717) is 0 Å². The van der Waals surface area contributed by atoms with Crippen LogP contribution in [0.25, 0.3) is 0 Å². The van der Waals surface area contributed by atoms with Crippen LogP contribution in [-0.4, -0.2) is 48.6 Å². The van der Waals surface area contributed by atoms with Gasteiger partial charge in [0.05, 0.1) is 0 Å². The van der Waals surface area contributed by atoms with E-state index < -0.39 is 82.4 Å². The van der Waals surface area contributed by atoms with Gasteiger partial charge >= 0.3 is 18.0 Å². The maximum atomic E-state index is 13.0. The summed E-state index contributed by atoms with van der Waals surface area (Å²) in [5.74, 6) is -7.85. The van der Waals surface area contributed by atoms with Gasteiger partial charge in [-0.3, -0.25) is 0 Å². The van der Waals surface area contributed by atoms with Crippen molar-refractivity contribution in [3.8, 4) is 18.0 Å². The standard InChI is InChI=1S/C9H2Cl2F4N4O2.C5H3ClF2N2O2/c10-2-4(12)16-8(17-5(2)13)20-1-21-9-18-6(14)3(11)7(15)19-9;6-2-3(7)9-5(12-1-11)10-4(2)8/h1H2;11H,1H2. The molecule has 0 amide bonds. The molecular formula is C14H5Cl3F6N6O4. The number of rotatable bonds is 6. The molecule has 3 aromatic rings. The summed E-state index contributed by atoms with van der Waals surface area (Å²) in [7, 11) is 0. The van der Waals surface area contributed by atoms with E-state index >= 15 is 0 Å². The van der Waals surface area contributed by atoms with Crippen LogP contribution >= 0.6 is 34.8 Å². The second kappa shape index (κ2) is 11.8. The number of ether oxygens (including phenoxy) is 3. The van der Waals surface area contributed by atoms with Crippen LogP contribution < -0.4 is 14.2 Å². The largest absolute Gasteiger partial charge is 0.436 e. The summed E-state index contributed by atoms with van der Waals surface area (Å²) in [4.78, 5) is 18.2. The van der Waals surface area contributed by atoms with Gasteiger partial charge < -0.3 is 19.3 Å². The molecule has 3 rings (SSSR count). The van der Waals surface area contributed by atoms with Gasteiger partial charge in [-0.1, -0.05) is 34.8 Å². The minimum atomic E-state index is -1.35. The average molecular weight is 542 g/mol. The molecule has 3 aromatic heterocycles. The molecule has 3 heterocycles. The minimum absolute atomic E-state index is 0.600. The molecule has 0 aliphatic heterocycles. The van der Waals surface area contributed by atoms with E-state index in [1.807, 2.05) is 0 Å². The van der Waals surface area contributed by atoms with Gasteiger partial charge in [-0.05, 0) is 0 Å². The van der Waals surface area contributed by atoms with Crippen molar-refractivity contribution in [1.29, 1.82) is 0 Å². The van der Waals surface area contributed by atoms with Crippen LogP contribution in [0.4, 0.5) is 26.3 Å². The number of nitrogens with zero attached hydrogens (tertiary/aromatic N) is 6. The molecule has 0 saturated carbocycles. The summed E-state index contributed by atoms with van der Waals surface area (Å²) < 4.78 is 90.2. The predicted octanol–water partition coefficient (Wildman–Crippen LogP) is 3.28. The van der Waals surface area contributed by atoms with Crippen molar-refractivity contribution in [3.63, 3.8) is 0 Å². The van der Waals surface area contributed by atoms with E-state index in [2.05, 4.69) is 44.1 Å². The predicted molar refractivity (Wildman–Crippen MR) is 94.7 cm³/mol. The van der Waals surface area contributed by atoms with Crippen molar-refractivity contribution < 1.29 is 45.7 Å². The highest BCUT2D eigenvalue weighted by atomic mass is 35.5. The molecule has 0 atom stereocenters. The second-order valence-corrected chi connectivity index (χ2v) is 6.02. The molecular weight excluding hydrogens is 537 g/mol. The molecule has 0 fully saturated rings. The van der Waals surface area contributed by atoms with Crippen LogP contribution in [0.2, 0.25) is 15.1 Å². The Labute approximate surface area is 193 Å². The fourth-order valence-corrected chi connectivity index (χ4v) is 1.77. The molecule has 1 N–H and O–H groups in total. The molecule has 0 aliphatic carbocycles. The average Bonchev–Trinajstić information content (AvgIpc) is 2.74. The van der Waals surface area contributed by atoms with Gasteiger partial charge in [0, 0.05) is 0 Å². The van der Waals surface area contributed by atoms with Gasteiger partial charge in [0.15, 0.2) is 21.9 Å². The SMILES string of the molecule is Fc1nc(OCOc2nc(F)c(Cl)c(F)n2)nc(F)c1Cl.OCOc1nc(F)c(Cl)c(F)n1. The van der Waals surface area contributed by atoms with E-state index in [9.17, 15) is 26.3 Å². The maximum Gasteiger partial charge on any atom is 0.324 e. The molecule has 0 aromatic carbocycles. The molecule has 10 nitrogen and oxygen atoms in total. The lowest BCUT2D eigenvalue weighted by molar-refractivity contribution is 0.0871. The Morgan fingerprint density at radius 1 is 0.515 bits per heavy atom. The number of aromatic nitrogens is 6. The summed E-state index contributed by atoms with van der Waals surface area (Å²) in [5, 5.41) is 5.57. The molecule has 33 heavy (non-hydrogen) atoms. The van der Waals surface area contributed by atoms with E-state index in [1.54, 1.807) is 0 Å². The quantitative estimate of drug-likeness (QED) is 0.282. The molecule has 0 spiro atoms. The van der Waals surface area contributed by atoms with Gasteiger partial charge in [0.25, 0.3) is 0 Å². The van der Waals surface area contributed by atoms with E-state index in [1.165, 1.54) is 0 Å². The molecule has 19 heteroatoms. The molecule has 178 valence electrons. The summed E-state index contributed by atoms with van der Waals surface area (Å²) in [6.07, 6.45) is 0. The van der Waals surface area contributed by atoms with Crippen molar-refractivity contribution in [3.05, 3.63) is 50.8 Å². The zero-order valence-corrected chi connectivity index (χ0v) is 17.4. The number of halogens is 9. The maximum absolute atomic E-state index is 13.0. The Kier molecular flexibility index (Phi) is 9.39. The lowest BCUT2D eigenvalue weighted by Crippen LogP contribution is -2.12. The van der Waals surface area contributed by atoms with Crippen molar-refractivity contribution in [1.82, 2.24) is 29.9 Å². The van der Waals surface area contributed by atoms with Gasteiger partial charge in [-0.2, -0.15) is 56.2 Å². The smallest absolute Gasteiger partial charge is 0.324 e. The molecule has 0 unspecified atom stereocenters. The van der Waals surface area contributed by atoms with Gasteiger partial charge in [0.2, 0.25) is 42.5 Å². The zero-order valence-electron chi connectivity index (χ0n) is 15.2. The third-order valence-corrected chi connectivity index (χ3v) is 3.75. The summed E-state index contributed by atoms with van der Waals surface area (Å²) >= 11 is 15.4. The fraction of sp³-hybridized carbons (Fsp3) is 0.143. The summed E-state index contributed by atoms with van der Waals surface area (Å²) in [5.41, 5.74) is 0. The number of aliphatic hydroxyl groups excluding tert-OH is 1. The third kappa shape index (κ3) is 7.28. The Bertz CT molecular complexity index is 1020. The van der Waals surface area contributed by atoms with Gasteiger partial charge in [-0.25, -0.2) is 0 Å². The Hall–Kier alpha value is -2.95. The summed E-state index contributed by atoms with van der Waals surface area (Å²) in [6.45, 7) is -1.54. The van der Waals surface area contributed by atoms with Crippen LogP contribution in [0.5, 0.6) is 18.0 Å². The van der Waals surface area contributed by atoms with E-state index in [0.717, 1.165) is 0 Å². The van der Waals surface area contributed by atoms with Crippen molar-refractivity contribution in [2.45, 2.75) is 0 Å². The molecule has 0 aliphatic rings. The summed E-state index contributed by atoms with van der Waals surface area (Å²) in [6, 6.07) is -2.09. The number of aliphatic hydroxyl groups is 1. The molecule has 0 saturated heterocycles. The second-order valence-electron chi connectivity index (χ2n) is 4.89. The van der Waals surface area contributed by atoms with Crippen molar-refractivity contribution in [2.75, 3.05) is 13.6 Å². The van der Waals surface area contributed by atoms with Gasteiger partial charge in [0.1, 0.15) is 0 Å². The Morgan fingerprint density at radius 2 is 0.758 bits per heavy atom. The normalized spacial score (nSPS) is 10.4. The van der Waals surface area contributed by atoms with Gasteiger partial charge in [-0.15, -0.1) is 0 Å². The highest BCUT2D eigenvalue weighted by Gasteiger charge is 2.15. The highest BCUT2D eigenvalue weighted by molar-refractivity contribution is 6.31. The first-order chi connectivity index (χ1) is 15.5. The minimum Gasteiger partial charge on any atom is -0.436 e. The van der Waals surface area contributed by atoms with E-state index in [4.69, 9.17) is 39.9 Å².